The Morgan fingerprint density at radius 1 is 1.75 bits per heavy atom. The molecule has 0 heterocycles. The quantitative estimate of drug-likeness (QED) is 0.391. The third kappa shape index (κ3) is 4.62. The third-order valence-corrected chi connectivity index (χ3v) is 2.16. The molecule has 0 fully saturated rings. The van der Waals surface area contributed by atoms with Crippen molar-refractivity contribution < 1.29 is 0 Å². The Morgan fingerprint density at radius 3 is 2.75 bits per heavy atom. The second-order valence-electron chi connectivity index (χ2n) is 1.91. The van der Waals surface area contributed by atoms with Crippen LogP contribution < -0.4 is 0 Å². The van der Waals surface area contributed by atoms with Crippen LogP contribution in [0, 0.1) is 0 Å². The lowest BCUT2D eigenvalue weighted by atomic mass is 10.2. The summed E-state index contributed by atoms with van der Waals surface area (Å²) in [6, 6.07) is 0. The first-order valence-corrected chi connectivity index (χ1v) is 4.30. The molecule has 1 unspecified atom stereocenters. The molecule has 0 N–H and O–H groups in total. The zero-order valence-electron chi connectivity index (χ0n) is 5.36. The van der Waals surface area contributed by atoms with Crippen molar-refractivity contribution in [3.63, 3.8) is 0 Å². The number of hydrogen-bond donors (Lipinski definition) is 0. The summed E-state index contributed by atoms with van der Waals surface area (Å²) in [6.07, 6.45) is 5.77. The third-order valence-electron chi connectivity index (χ3n) is 1.02. The summed E-state index contributed by atoms with van der Waals surface area (Å²) in [6.45, 7) is 5.90. The average Bonchev–Trinajstić information content (AvgIpc) is 1.68. The lowest BCUT2D eigenvalue weighted by Gasteiger charge is -2.01. The summed E-state index contributed by atoms with van der Waals surface area (Å²) in [5, 5.41) is 0. The Bertz CT molecular complexity index is 59.4. The van der Waals surface area contributed by atoms with Gasteiger partial charge >= 0.3 is 0 Å². The Labute approximate surface area is 65.5 Å². The molecule has 0 amide bonds. The van der Waals surface area contributed by atoms with E-state index >= 15 is 0 Å². The maximum absolute atomic E-state index is 3.68. The van der Waals surface area contributed by atoms with Crippen molar-refractivity contribution in [2.75, 3.05) is 0 Å². The molecule has 8 heavy (non-hydrogen) atoms. The molecule has 0 spiro atoms. The van der Waals surface area contributed by atoms with Gasteiger partial charge in [0.1, 0.15) is 0 Å². The zero-order chi connectivity index (χ0) is 6.41. The number of halogens is 1. The summed E-state index contributed by atoms with van der Waals surface area (Å²) in [7, 11) is 0. The van der Waals surface area contributed by atoms with E-state index in [0.29, 0.717) is 0 Å². The fourth-order valence-corrected chi connectivity index (χ4v) is 1.59. The summed E-state index contributed by atoms with van der Waals surface area (Å²) >= 11 is 2.47. The van der Waals surface area contributed by atoms with Gasteiger partial charge in [-0.25, -0.2) is 0 Å². The van der Waals surface area contributed by atoms with E-state index in [2.05, 4.69) is 36.1 Å². The highest BCUT2D eigenvalue weighted by Gasteiger charge is 1.96. The zero-order valence-corrected chi connectivity index (χ0v) is 7.52. The molecule has 48 valence electrons. The Kier molecular flexibility index (Phi) is 5.93. The lowest BCUT2D eigenvalue weighted by molar-refractivity contribution is 0.768. The van der Waals surface area contributed by atoms with E-state index in [9.17, 15) is 0 Å². The summed E-state index contributed by atoms with van der Waals surface area (Å²) in [5.41, 5.74) is 0. The first-order valence-electron chi connectivity index (χ1n) is 3.06. The monoisotopic (exact) mass is 224 g/mol. The molecule has 0 aliphatic rings. The standard InChI is InChI=1S/C7H13I/c1-3-5-7(8)6-4-2/h3,7H,1,4-6H2,2H3. The van der Waals surface area contributed by atoms with Crippen molar-refractivity contribution in [2.24, 2.45) is 0 Å². The topological polar surface area (TPSA) is 0 Å². The molecule has 0 rings (SSSR count). The van der Waals surface area contributed by atoms with Crippen molar-refractivity contribution in [1.29, 1.82) is 0 Å². The van der Waals surface area contributed by atoms with Crippen LogP contribution in [0.2, 0.25) is 0 Å². The van der Waals surface area contributed by atoms with Crippen LogP contribution in [0.4, 0.5) is 0 Å². The SMILES string of the molecule is C=CCC(I)CCC. The molecule has 0 saturated carbocycles. The van der Waals surface area contributed by atoms with Gasteiger partial charge in [-0.2, -0.15) is 0 Å². The largest absolute Gasteiger partial charge is 0.103 e. The highest BCUT2D eigenvalue weighted by molar-refractivity contribution is 14.1. The number of allylic oxidation sites excluding steroid dienone is 1. The molecule has 0 aliphatic carbocycles. The predicted octanol–water partition coefficient (Wildman–Crippen LogP) is 3.17. The average molecular weight is 224 g/mol. The van der Waals surface area contributed by atoms with Crippen molar-refractivity contribution in [1.82, 2.24) is 0 Å². The van der Waals surface area contributed by atoms with Crippen LogP contribution >= 0.6 is 22.6 Å². The van der Waals surface area contributed by atoms with Gasteiger partial charge in [-0.1, -0.05) is 42.0 Å². The van der Waals surface area contributed by atoms with E-state index < -0.39 is 0 Å². The molecule has 1 atom stereocenters. The number of rotatable bonds is 4. The van der Waals surface area contributed by atoms with Crippen LogP contribution in [0.1, 0.15) is 26.2 Å². The van der Waals surface area contributed by atoms with Gasteiger partial charge in [0, 0.05) is 3.92 Å². The fourth-order valence-electron chi connectivity index (χ4n) is 0.612. The summed E-state index contributed by atoms with van der Waals surface area (Å²) in [4.78, 5) is 0. The maximum Gasteiger partial charge on any atom is 0.0144 e. The van der Waals surface area contributed by atoms with E-state index in [1.165, 1.54) is 12.8 Å². The van der Waals surface area contributed by atoms with Gasteiger partial charge in [-0.05, 0) is 12.8 Å². The van der Waals surface area contributed by atoms with Gasteiger partial charge in [0.25, 0.3) is 0 Å². The normalized spacial score (nSPS) is 13.2. The maximum atomic E-state index is 3.68. The molecule has 0 radical (unpaired) electrons. The van der Waals surface area contributed by atoms with E-state index in [0.717, 1.165) is 10.3 Å². The highest BCUT2D eigenvalue weighted by atomic mass is 127. The molecular formula is C7H13I. The second kappa shape index (κ2) is 5.60. The minimum atomic E-state index is 0.815. The van der Waals surface area contributed by atoms with Crippen LogP contribution in [0.5, 0.6) is 0 Å². The second-order valence-corrected chi connectivity index (χ2v) is 3.67. The minimum Gasteiger partial charge on any atom is -0.103 e. The lowest BCUT2D eigenvalue weighted by Crippen LogP contribution is -1.92. The Hall–Kier alpha value is 0.470. The molecule has 0 bridgehead atoms. The van der Waals surface area contributed by atoms with Crippen molar-refractivity contribution >= 4 is 22.6 Å². The fraction of sp³-hybridized carbons (Fsp3) is 0.714. The van der Waals surface area contributed by atoms with Gasteiger partial charge in [-0.15, -0.1) is 6.58 Å². The number of alkyl halides is 1. The van der Waals surface area contributed by atoms with Crippen LogP contribution in [0.3, 0.4) is 0 Å². The van der Waals surface area contributed by atoms with Gasteiger partial charge in [0.05, 0.1) is 0 Å². The van der Waals surface area contributed by atoms with Crippen molar-refractivity contribution in [3.8, 4) is 0 Å². The van der Waals surface area contributed by atoms with Crippen molar-refractivity contribution in [2.45, 2.75) is 30.1 Å². The van der Waals surface area contributed by atoms with E-state index in [1.54, 1.807) is 0 Å². The molecule has 1 heteroatoms. The predicted molar refractivity (Wildman–Crippen MR) is 47.5 cm³/mol. The molecule has 0 aliphatic heterocycles. The van der Waals surface area contributed by atoms with Gasteiger partial charge in [0.15, 0.2) is 0 Å². The highest BCUT2D eigenvalue weighted by Crippen LogP contribution is 2.12. The van der Waals surface area contributed by atoms with E-state index in [-0.39, 0.29) is 0 Å². The Balaban J connectivity index is 3.03. The molecule has 0 aromatic rings. The van der Waals surface area contributed by atoms with Crippen LogP contribution in [0.25, 0.3) is 0 Å². The first kappa shape index (κ1) is 8.47. The first-order chi connectivity index (χ1) is 3.81. The van der Waals surface area contributed by atoms with Gasteiger partial charge < -0.3 is 0 Å². The molecule has 0 aromatic heterocycles. The minimum absolute atomic E-state index is 0.815. The molecular weight excluding hydrogens is 211 g/mol. The van der Waals surface area contributed by atoms with Crippen LogP contribution in [-0.4, -0.2) is 3.92 Å². The van der Waals surface area contributed by atoms with Crippen LogP contribution in [0.15, 0.2) is 12.7 Å². The summed E-state index contributed by atoms with van der Waals surface area (Å²) in [5.74, 6) is 0. The van der Waals surface area contributed by atoms with Crippen molar-refractivity contribution in [3.05, 3.63) is 12.7 Å². The van der Waals surface area contributed by atoms with Gasteiger partial charge in [0.2, 0.25) is 0 Å². The Morgan fingerprint density at radius 2 is 2.38 bits per heavy atom. The van der Waals surface area contributed by atoms with E-state index in [4.69, 9.17) is 0 Å². The van der Waals surface area contributed by atoms with Gasteiger partial charge in [-0.3, -0.25) is 0 Å². The molecule has 0 nitrogen and oxygen atoms in total. The molecule has 0 saturated heterocycles. The summed E-state index contributed by atoms with van der Waals surface area (Å²) < 4.78 is 0.815. The number of hydrogen-bond acceptors (Lipinski definition) is 0. The van der Waals surface area contributed by atoms with E-state index in [1.807, 2.05) is 6.08 Å². The molecule has 0 aromatic carbocycles. The smallest absolute Gasteiger partial charge is 0.0144 e. The van der Waals surface area contributed by atoms with Crippen LogP contribution in [-0.2, 0) is 0 Å².